The lowest BCUT2D eigenvalue weighted by atomic mass is 10.1. The third-order valence-corrected chi connectivity index (χ3v) is 6.19. The number of fused-ring (bicyclic) bond motifs is 1. The molecule has 8 heteroatoms. The highest BCUT2D eigenvalue weighted by atomic mass is 32.1. The first-order chi connectivity index (χ1) is 13.7. The number of hydrogen-bond acceptors (Lipinski definition) is 8. The van der Waals surface area contributed by atoms with E-state index in [1.165, 1.54) is 16.9 Å². The predicted molar refractivity (Wildman–Crippen MR) is 108 cm³/mol. The monoisotopic (exact) mass is 403 g/mol. The van der Waals surface area contributed by atoms with Gasteiger partial charge in [0.25, 0.3) is 0 Å². The molecule has 150 valence electrons. The van der Waals surface area contributed by atoms with E-state index in [4.69, 9.17) is 14.2 Å². The lowest BCUT2D eigenvalue weighted by molar-refractivity contribution is 0.0532. The minimum absolute atomic E-state index is 0.294. The van der Waals surface area contributed by atoms with E-state index in [0.717, 1.165) is 42.8 Å². The van der Waals surface area contributed by atoms with Crippen molar-refractivity contribution in [2.45, 2.75) is 19.9 Å². The zero-order valence-corrected chi connectivity index (χ0v) is 17.0. The molecule has 0 spiro atoms. The number of thiazole rings is 1. The Balaban J connectivity index is 1.37. The number of aromatic nitrogens is 1. The maximum Gasteiger partial charge on any atom is 0.350 e. The Morgan fingerprint density at radius 1 is 1.21 bits per heavy atom. The van der Waals surface area contributed by atoms with Gasteiger partial charge in [-0.05, 0) is 31.5 Å². The quantitative estimate of drug-likeness (QED) is 0.711. The number of carbonyl (C=O) groups is 1. The van der Waals surface area contributed by atoms with Crippen LogP contribution in [0.3, 0.4) is 0 Å². The summed E-state index contributed by atoms with van der Waals surface area (Å²) in [6, 6.07) is 6.52. The van der Waals surface area contributed by atoms with Crippen molar-refractivity contribution in [2.24, 2.45) is 0 Å². The van der Waals surface area contributed by atoms with Crippen molar-refractivity contribution in [3.05, 3.63) is 34.8 Å². The fourth-order valence-corrected chi connectivity index (χ4v) is 4.40. The maximum atomic E-state index is 11.8. The first kappa shape index (κ1) is 19.0. The molecule has 0 bridgehead atoms. The molecule has 1 fully saturated rings. The molecule has 0 radical (unpaired) electrons. The fraction of sp³-hybridized carbons (Fsp3) is 0.500. The third-order valence-electron chi connectivity index (χ3n) is 5.15. The molecule has 2 aromatic rings. The lowest BCUT2D eigenvalue weighted by Gasteiger charge is -2.38. The van der Waals surface area contributed by atoms with E-state index in [9.17, 15) is 4.79 Å². The van der Waals surface area contributed by atoms with E-state index in [1.54, 1.807) is 6.20 Å². The molecular formula is C20H25N3O4S. The lowest BCUT2D eigenvalue weighted by Crippen LogP contribution is -2.47. The summed E-state index contributed by atoms with van der Waals surface area (Å²) >= 11 is 1.40. The van der Waals surface area contributed by atoms with Crippen LogP contribution >= 0.6 is 11.3 Å². The van der Waals surface area contributed by atoms with Crippen LogP contribution in [0.15, 0.2) is 24.4 Å². The Morgan fingerprint density at radius 2 is 1.96 bits per heavy atom. The Bertz CT molecular complexity index is 833. The summed E-state index contributed by atoms with van der Waals surface area (Å²) in [4.78, 5) is 21.5. The van der Waals surface area contributed by atoms with Crippen molar-refractivity contribution in [2.75, 3.05) is 50.9 Å². The SMILES string of the molecule is CCOC(=O)c1cnc(N2CCN(C(C)c3ccc4c(c3)OCCO4)CC2)s1. The number of rotatable bonds is 5. The number of piperazine rings is 1. The van der Waals surface area contributed by atoms with Gasteiger partial charge in [-0.3, -0.25) is 4.90 Å². The largest absolute Gasteiger partial charge is 0.486 e. The number of anilines is 1. The number of esters is 1. The van der Waals surface area contributed by atoms with Gasteiger partial charge in [0, 0.05) is 32.2 Å². The first-order valence-corrected chi connectivity index (χ1v) is 10.5. The van der Waals surface area contributed by atoms with Gasteiger partial charge in [0.05, 0.1) is 12.8 Å². The zero-order valence-electron chi connectivity index (χ0n) is 16.2. The van der Waals surface area contributed by atoms with E-state index in [0.29, 0.717) is 30.7 Å². The van der Waals surface area contributed by atoms with Crippen LogP contribution in [0.4, 0.5) is 5.13 Å². The molecule has 1 aromatic heterocycles. The van der Waals surface area contributed by atoms with E-state index in [-0.39, 0.29) is 5.97 Å². The second kappa shape index (κ2) is 8.36. The van der Waals surface area contributed by atoms with Crippen LogP contribution in [0, 0.1) is 0 Å². The molecule has 1 aromatic carbocycles. The van der Waals surface area contributed by atoms with Gasteiger partial charge in [-0.15, -0.1) is 0 Å². The Kier molecular flexibility index (Phi) is 5.68. The average Bonchev–Trinajstić information content (AvgIpc) is 3.24. The number of benzene rings is 1. The summed E-state index contributed by atoms with van der Waals surface area (Å²) in [6.45, 7) is 9.25. The van der Waals surface area contributed by atoms with E-state index >= 15 is 0 Å². The number of hydrogen-bond donors (Lipinski definition) is 0. The van der Waals surface area contributed by atoms with Gasteiger partial charge < -0.3 is 19.1 Å². The minimum atomic E-state index is -0.294. The standard InChI is InChI=1S/C20H25N3O4S/c1-3-25-19(24)18-13-21-20(28-18)23-8-6-22(7-9-23)14(2)15-4-5-16-17(12-15)27-11-10-26-16/h4-5,12-14H,3,6-11H2,1-2H3. The van der Waals surface area contributed by atoms with Gasteiger partial charge in [-0.25, -0.2) is 9.78 Å². The van der Waals surface area contributed by atoms with Gasteiger partial charge in [0.15, 0.2) is 16.6 Å². The molecule has 0 N–H and O–H groups in total. The number of ether oxygens (including phenoxy) is 3. The van der Waals surface area contributed by atoms with Crippen LogP contribution < -0.4 is 14.4 Å². The fourth-order valence-electron chi connectivity index (χ4n) is 3.54. The molecule has 0 saturated carbocycles. The average molecular weight is 404 g/mol. The van der Waals surface area contributed by atoms with Crippen LogP contribution in [-0.2, 0) is 4.74 Å². The van der Waals surface area contributed by atoms with Crippen LogP contribution in [-0.4, -0.2) is 61.9 Å². The minimum Gasteiger partial charge on any atom is -0.486 e. The molecule has 1 atom stereocenters. The predicted octanol–water partition coefficient (Wildman–Crippen LogP) is 2.97. The number of nitrogens with zero attached hydrogens (tertiary/aromatic N) is 3. The zero-order chi connectivity index (χ0) is 19.5. The summed E-state index contributed by atoms with van der Waals surface area (Å²) in [5, 5.41) is 0.884. The highest BCUT2D eigenvalue weighted by Gasteiger charge is 2.25. The molecule has 28 heavy (non-hydrogen) atoms. The third kappa shape index (κ3) is 3.93. The topological polar surface area (TPSA) is 64.1 Å². The molecular weight excluding hydrogens is 378 g/mol. The summed E-state index contributed by atoms with van der Waals surface area (Å²) in [6.07, 6.45) is 1.61. The van der Waals surface area contributed by atoms with Crippen molar-refractivity contribution in [3.63, 3.8) is 0 Å². The molecule has 2 aliphatic heterocycles. The molecule has 1 saturated heterocycles. The molecule has 3 heterocycles. The second-order valence-electron chi connectivity index (χ2n) is 6.83. The van der Waals surface area contributed by atoms with E-state index < -0.39 is 0 Å². The van der Waals surface area contributed by atoms with Crippen molar-refractivity contribution in [1.82, 2.24) is 9.88 Å². The number of carbonyl (C=O) groups excluding carboxylic acids is 1. The summed E-state index contributed by atoms with van der Waals surface area (Å²) in [5.74, 6) is 1.37. The Morgan fingerprint density at radius 3 is 2.71 bits per heavy atom. The summed E-state index contributed by atoms with van der Waals surface area (Å²) in [7, 11) is 0. The maximum absolute atomic E-state index is 11.8. The highest BCUT2D eigenvalue weighted by molar-refractivity contribution is 7.17. The highest BCUT2D eigenvalue weighted by Crippen LogP contribution is 2.34. The Labute approximate surface area is 168 Å². The van der Waals surface area contributed by atoms with Gasteiger partial charge in [0.2, 0.25) is 0 Å². The second-order valence-corrected chi connectivity index (χ2v) is 7.84. The normalized spacial score (nSPS) is 18.0. The summed E-state index contributed by atoms with van der Waals surface area (Å²) in [5.41, 5.74) is 1.23. The van der Waals surface area contributed by atoms with Gasteiger partial charge in [0.1, 0.15) is 18.1 Å². The van der Waals surface area contributed by atoms with Gasteiger partial charge in [-0.1, -0.05) is 17.4 Å². The van der Waals surface area contributed by atoms with Crippen molar-refractivity contribution < 1.29 is 19.0 Å². The van der Waals surface area contributed by atoms with Crippen molar-refractivity contribution >= 4 is 22.4 Å². The molecule has 0 amide bonds. The first-order valence-electron chi connectivity index (χ1n) is 9.67. The van der Waals surface area contributed by atoms with Gasteiger partial charge in [-0.2, -0.15) is 0 Å². The van der Waals surface area contributed by atoms with Crippen LogP contribution in [0.2, 0.25) is 0 Å². The molecule has 0 aliphatic carbocycles. The van der Waals surface area contributed by atoms with Crippen LogP contribution in [0.1, 0.15) is 35.1 Å². The van der Waals surface area contributed by atoms with Crippen molar-refractivity contribution in [1.29, 1.82) is 0 Å². The van der Waals surface area contributed by atoms with E-state index in [1.807, 2.05) is 13.0 Å². The van der Waals surface area contributed by atoms with Crippen molar-refractivity contribution in [3.8, 4) is 11.5 Å². The smallest absolute Gasteiger partial charge is 0.350 e. The van der Waals surface area contributed by atoms with Gasteiger partial charge >= 0.3 is 5.97 Å². The molecule has 7 nitrogen and oxygen atoms in total. The molecule has 4 rings (SSSR count). The van der Waals surface area contributed by atoms with Crippen LogP contribution in [0.5, 0.6) is 11.5 Å². The van der Waals surface area contributed by atoms with Crippen LogP contribution in [0.25, 0.3) is 0 Å². The molecule has 2 aliphatic rings. The van der Waals surface area contributed by atoms with E-state index in [2.05, 4.69) is 33.8 Å². The summed E-state index contributed by atoms with van der Waals surface area (Å²) < 4.78 is 16.4. The Hall–Kier alpha value is -2.32. The molecule has 1 unspecified atom stereocenters.